The van der Waals surface area contributed by atoms with E-state index in [1.165, 1.54) is 30.8 Å². The van der Waals surface area contributed by atoms with Crippen LogP contribution in [0.15, 0.2) is 24.3 Å². The number of rotatable bonds is 4. The molecule has 1 N–H and O–H groups in total. The molecule has 1 aromatic rings. The molecule has 0 saturated carbocycles. The average molecular weight is 271 g/mol. The molecule has 0 heterocycles. The molecule has 1 aromatic carbocycles. The van der Waals surface area contributed by atoms with E-state index in [2.05, 4.69) is 0 Å². The number of carbonyl (C=O) groups excluding carboxylic acids is 1. The van der Waals surface area contributed by atoms with E-state index in [0.29, 0.717) is 16.3 Å². The summed E-state index contributed by atoms with van der Waals surface area (Å²) in [4.78, 5) is 21.5. The number of carboxylic acids is 1. The zero-order chi connectivity index (χ0) is 12.8. The van der Waals surface area contributed by atoms with Gasteiger partial charge >= 0.3 is 5.97 Å². The summed E-state index contributed by atoms with van der Waals surface area (Å²) in [7, 11) is 0. The van der Waals surface area contributed by atoms with Crippen molar-refractivity contribution in [2.45, 2.75) is 6.92 Å². The summed E-state index contributed by atoms with van der Waals surface area (Å²) >= 11 is 7.11. The van der Waals surface area contributed by atoms with Gasteiger partial charge in [-0.15, -0.1) is 0 Å². The summed E-state index contributed by atoms with van der Waals surface area (Å²) < 4.78 is 0. The first-order chi connectivity index (χ1) is 8.00. The summed E-state index contributed by atoms with van der Waals surface area (Å²) in [6.07, 6.45) is 3.49. The van der Waals surface area contributed by atoms with E-state index in [9.17, 15) is 9.59 Å². The van der Waals surface area contributed by atoms with Gasteiger partial charge in [-0.05, 0) is 23.8 Å². The number of halogens is 1. The Morgan fingerprint density at radius 1 is 1.47 bits per heavy atom. The van der Waals surface area contributed by atoms with E-state index in [1.807, 2.05) is 0 Å². The Bertz CT molecular complexity index is 469. The lowest BCUT2D eigenvalue weighted by Gasteiger charge is -2.00. The second-order valence-corrected chi connectivity index (χ2v) is 4.85. The fraction of sp³-hybridized carbons (Fsp3) is 0.167. The van der Waals surface area contributed by atoms with Crippen LogP contribution >= 0.6 is 23.4 Å². The monoisotopic (exact) mass is 270 g/mol. The van der Waals surface area contributed by atoms with E-state index < -0.39 is 5.97 Å². The second kappa shape index (κ2) is 6.47. The molecule has 0 fully saturated rings. The third-order valence-corrected chi connectivity index (χ3v) is 3.03. The zero-order valence-corrected chi connectivity index (χ0v) is 10.7. The van der Waals surface area contributed by atoms with Gasteiger partial charge in [-0.2, -0.15) is 0 Å². The van der Waals surface area contributed by atoms with E-state index in [-0.39, 0.29) is 10.7 Å². The van der Waals surface area contributed by atoms with Crippen molar-refractivity contribution >= 4 is 40.5 Å². The minimum Gasteiger partial charge on any atom is -0.478 e. The molecule has 0 aliphatic rings. The molecule has 1 rings (SSSR count). The first-order valence-corrected chi connectivity index (χ1v) is 6.20. The van der Waals surface area contributed by atoms with Crippen LogP contribution in [0.4, 0.5) is 0 Å². The summed E-state index contributed by atoms with van der Waals surface area (Å²) in [5, 5.41) is 9.36. The van der Waals surface area contributed by atoms with Gasteiger partial charge in [0.15, 0.2) is 5.12 Å². The molecule has 0 bridgehead atoms. The average Bonchev–Trinajstić information content (AvgIpc) is 2.25. The van der Waals surface area contributed by atoms with Gasteiger partial charge < -0.3 is 5.11 Å². The van der Waals surface area contributed by atoms with Gasteiger partial charge in [0.2, 0.25) is 0 Å². The van der Waals surface area contributed by atoms with Crippen molar-refractivity contribution in [1.82, 2.24) is 0 Å². The molecule has 3 nitrogen and oxygen atoms in total. The number of carbonyl (C=O) groups is 2. The van der Waals surface area contributed by atoms with Crippen LogP contribution in [0.25, 0.3) is 6.08 Å². The molecule has 0 aliphatic carbocycles. The van der Waals surface area contributed by atoms with Crippen LogP contribution in [-0.2, 0) is 4.79 Å². The normalized spacial score (nSPS) is 10.7. The van der Waals surface area contributed by atoms with Crippen LogP contribution in [0.2, 0.25) is 5.02 Å². The maximum Gasteiger partial charge on any atom is 0.335 e. The maximum atomic E-state index is 10.8. The van der Waals surface area contributed by atoms with Crippen LogP contribution in [0.1, 0.15) is 22.8 Å². The van der Waals surface area contributed by atoms with Gasteiger partial charge in [0.05, 0.1) is 5.56 Å². The standard InChI is InChI=1S/C12H11ClO3S/c1-8(14)17-6-2-3-9-7-10(12(15)16)4-5-11(9)13/h2-5,7H,6H2,1H3,(H,15,16). The predicted molar refractivity (Wildman–Crippen MR) is 70.6 cm³/mol. The Labute approximate surface area is 108 Å². The van der Waals surface area contributed by atoms with Crippen molar-refractivity contribution in [2.75, 3.05) is 5.75 Å². The highest BCUT2D eigenvalue weighted by molar-refractivity contribution is 8.13. The van der Waals surface area contributed by atoms with Gasteiger partial charge in [-0.25, -0.2) is 4.79 Å². The molecule has 0 atom stereocenters. The Hall–Kier alpha value is -1.26. The van der Waals surface area contributed by atoms with Crippen molar-refractivity contribution in [3.8, 4) is 0 Å². The molecule has 90 valence electrons. The first kappa shape index (κ1) is 13.8. The predicted octanol–water partition coefficient (Wildman–Crippen LogP) is 3.33. The van der Waals surface area contributed by atoms with Crippen LogP contribution in [0.3, 0.4) is 0 Å². The topological polar surface area (TPSA) is 54.4 Å². The van der Waals surface area contributed by atoms with Gasteiger partial charge in [0.25, 0.3) is 0 Å². The molecule has 0 aliphatic heterocycles. The van der Waals surface area contributed by atoms with Crippen molar-refractivity contribution < 1.29 is 14.7 Å². The quantitative estimate of drug-likeness (QED) is 0.912. The SMILES string of the molecule is CC(=O)SCC=Cc1cc(C(=O)O)ccc1Cl. The summed E-state index contributed by atoms with van der Waals surface area (Å²) in [6, 6.07) is 4.49. The van der Waals surface area contributed by atoms with Gasteiger partial charge in [-0.1, -0.05) is 35.5 Å². The minimum absolute atomic E-state index is 0.0417. The minimum atomic E-state index is -0.991. The lowest BCUT2D eigenvalue weighted by molar-refractivity contribution is -0.109. The van der Waals surface area contributed by atoms with Crippen LogP contribution in [-0.4, -0.2) is 21.9 Å². The van der Waals surface area contributed by atoms with E-state index in [4.69, 9.17) is 16.7 Å². The van der Waals surface area contributed by atoms with Crippen LogP contribution < -0.4 is 0 Å². The molecule has 0 radical (unpaired) electrons. The van der Waals surface area contributed by atoms with Gasteiger partial charge in [0, 0.05) is 17.7 Å². The van der Waals surface area contributed by atoms with Gasteiger partial charge in [0.1, 0.15) is 0 Å². The number of hydrogen-bond donors (Lipinski definition) is 1. The fourth-order valence-corrected chi connectivity index (χ4v) is 1.75. The van der Waals surface area contributed by atoms with E-state index in [1.54, 1.807) is 18.2 Å². The van der Waals surface area contributed by atoms with E-state index >= 15 is 0 Å². The van der Waals surface area contributed by atoms with Crippen LogP contribution in [0.5, 0.6) is 0 Å². The molecule has 0 amide bonds. The third-order valence-electron chi connectivity index (χ3n) is 1.92. The first-order valence-electron chi connectivity index (χ1n) is 4.83. The molecular weight excluding hydrogens is 260 g/mol. The van der Waals surface area contributed by atoms with Crippen molar-refractivity contribution in [1.29, 1.82) is 0 Å². The van der Waals surface area contributed by atoms with E-state index in [0.717, 1.165) is 0 Å². The Morgan fingerprint density at radius 2 is 2.18 bits per heavy atom. The number of hydrogen-bond acceptors (Lipinski definition) is 3. The number of aromatic carboxylic acids is 1. The largest absolute Gasteiger partial charge is 0.478 e. The lowest BCUT2D eigenvalue weighted by Crippen LogP contribution is -1.96. The van der Waals surface area contributed by atoms with Gasteiger partial charge in [-0.3, -0.25) is 4.79 Å². The Balaban J connectivity index is 2.79. The molecule has 0 unspecified atom stereocenters. The third kappa shape index (κ3) is 4.63. The number of thioether (sulfide) groups is 1. The molecule has 5 heteroatoms. The van der Waals surface area contributed by atoms with Crippen LogP contribution in [0, 0.1) is 0 Å². The zero-order valence-electron chi connectivity index (χ0n) is 9.14. The fourth-order valence-electron chi connectivity index (χ4n) is 1.15. The van der Waals surface area contributed by atoms with Crippen molar-refractivity contribution in [2.24, 2.45) is 0 Å². The molecular formula is C12H11ClO3S. The molecule has 0 spiro atoms. The highest BCUT2D eigenvalue weighted by atomic mass is 35.5. The highest BCUT2D eigenvalue weighted by Gasteiger charge is 2.04. The second-order valence-electron chi connectivity index (χ2n) is 3.25. The Morgan fingerprint density at radius 3 is 2.76 bits per heavy atom. The van der Waals surface area contributed by atoms with Crippen molar-refractivity contribution in [3.63, 3.8) is 0 Å². The highest BCUT2D eigenvalue weighted by Crippen LogP contribution is 2.19. The molecule has 17 heavy (non-hydrogen) atoms. The molecule has 0 aromatic heterocycles. The Kier molecular flexibility index (Phi) is 5.25. The van der Waals surface area contributed by atoms with Crippen molar-refractivity contribution in [3.05, 3.63) is 40.4 Å². The smallest absolute Gasteiger partial charge is 0.335 e. The summed E-state index contributed by atoms with van der Waals surface area (Å²) in [5.41, 5.74) is 0.823. The summed E-state index contributed by atoms with van der Waals surface area (Å²) in [5.74, 6) is -0.447. The number of carboxylic acid groups (broad SMARTS) is 1. The summed E-state index contributed by atoms with van der Waals surface area (Å²) in [6.45, 7) is 1.50. The molecule has 0 saturated heterocycles. The maximum absolute atomic E-state index is 10.8. The lowest BCUT2D eigenvalue weighted by atomic mass is 10.1. The number of benzene rings is 1.